The molecular weight excluding hydrogens is 296 g/mol. The number of rotatable bonds is 2. The van der Waals surface area contributed by atoms with E-state index in [1.165, 1.54) is 0 Å². The van der Waals surface area contributed by atoms with Crippen molar-refractivity contribution in [2.45, 2.75) is 0 Å². The SMILES string of the molecule is NN.NN.O=S(=O)([O-])OS(=O)(=O)[O-].[Cu+2]. The summed E-state index contributed by atoms with van der Waals surface area (Å²) in [7, 11) is -10.9. The molecule has 0 saturated heterocycles. The first-order valence-corrected chi connectivity index (χ1v) is 4.67. The van der Waals surface area contributed by atoms with Crippen LogP contribution < -0.4 is 23.4 Å². The van der Waals surface area contributed by atoms with Crippen LogP contribution >= 0.6 is 0 Å². The zero-order valence-electron chi connectivity index (χ0n) is 6.29. The van der Waals surface area contributed by atoms with Gasteiger partial charge in [0.15, 0.2) is 0 Å². The van der Waals surface area contributed by atoms with E-state index in [4.69, 9.17) is 0 Å². The normalized spacial score (nSPS) is 9.57. The summed E-state index contributed by atoms with van der Waals surface area (Å²) in [5.41, 5.74) is 0. The van der Waals surface area contributed by atoms with Crippen molar-refractivity contribution in [3.05, 3.63) is 0 Å². The summed E-state index contributed by atoms with van der Waals surface area (Å²) >= 11 is 0. The minimum Gasteiger partial charge on any atom is -0.725 e. The molecule has 0 aliphatic carbocycles. The molecule has 14 heteroatoms. The molecule has 0 rings (SSSR count). The first-order chi connectivity index (χ1) is 5.71. The van der Waals surface area contributed by atoms with Gasteiger partial charge in [-0.2, -0.15) is 3.63 Å². The van der Waals surface area contributed by atoms with Gasteiger partial charge in [0.1, 0.15) is 0 Å². The second-order valence-corrected chi connectivity index (χ2v) is 3.06. The predicted molar refractivity (Wildman–Crippen MR) is 37.2 cm³/mol. The summed E-state index contributed by atoms with van der Waals surface area (Å²) in [6.45, 7) is 0. The van der Waals surface area contributed by atoms with Crippen LogP contribution in [0.4, 0.5) is 0 Å². The monoisotopic (exact) mass is 303 g/mol. The third-order valence-corrected chi connectivity index (χ3v) is 1.50. The molecule has 0 aromatic heterocycles. The van der Waals surface area contributed by atoms with Crippen molar-refractivity contribution in [3.8, 4) is 0 Å². The van der Waals surface area contributed by atoms with E-state index in [0.717, 1.165) is 0 Å². The van der Waals surface area contributed by atoms with Gasteiger partial charge in [0.05, 0.1) is 0 Å². The van der Waals surface area contributed by atoms with Gasteiger partial charge < -0.3 is 9.11 Å². The van der Waals surface area contributed by atoms with E-state index in [-0.39, 0.29) is 17.1 Å². The van der Waals surface area contributed by atoms with E-state index in [9.17, 15) is 25.9 Å². The van der Waals surface area contributed by atoms with Crippen LogP contribution in [-0.4, -0.2) is 25.9 Å². The Kier molecular flexibility index (Phi) is 19.0. The van der Waals surface area contributed by atoms with Crippen LogP contribution in [0.3, 0.4) is 0 Å². The third-order valence-electron chi connectivity index (χ3n) is 0.167. The molecule has 0 aliphatic heterocycles. The molecule has 0 aliphatic rings. The van der Waals surface area contributed by atoms with Gasteiger partial charge in [-0.15, -0.1) is 0 Å². The zero-order chi connectivity index (χ0) is 11.7. The van der Waals surface area contributed by atoms with E-state index < -0.39 is 20.8 Å². The van der Waals surface area contributed by atoms with Gasteiger partial charge in [0, 0.05) is 0 Å². The second-order valence-electron chi connectivity index (χ2n) is 0.885. The van der Waals surface area contributed by atoms with Gasteiger partial charge in [-0.3, -0.25) is 23.4 Å². The Morgan fingerprint density at radius 1 is 0.786 bits per heavy atom. The summed E-state index contributed by atoms with van der Waals surface area (Å²) in [6, 6.07) is 0. The largest absolute Gasteiger partial charge is 2.00 e. The van der Waals surface area contributed by atoms with Crippen LogP contribution in [0.5, 0.6) is 0 Å². The van der Waals surface area contributed by atoms with Gasteiger partial charge in [-0.25, -0.2) is 16.8 Å². The molecule has 0 unspecified atom stereocenters. The molecule has 0 spiro atoms. The van der Waals surface area contributed by atoms with Crippen molar-refractivity contribution >= 4 is 20.8 Å². The van der Waals surface area contributed by atoms with Gasteiger partial charge in [0.25, 0.3) is 0 Å². The van der Waals surface area contributed by atoms with Crippen LogP contribution in [0.25, 0.3) is 0 Å². The zero-order valence-corrected chi connectivity index (χ0v) is 8.86. The van der Waals surface area contributed by atoms with Crippen LogP contribution in [0.15, 0.2) is 0 Å². The summed E-state index contributed by atoms with van der Waals surface area (Å²) in [6.07, 6.45) is 0. The van der Waals surface area contributed by atoms with Crippen LogP contribution in [0.1, 0.15) is 0 Å². The van der Waals surface area contributed by atoms with E-state index in [2.05, 4.69) is 27.0 Å². The number of hydrazine groups is 2. The summed E-state index contributed by atoms with van der Waals surface area (Å²) < 4.78 is 58.2. The first-order valence-electron chi connectivity index (χ1n) is 2.00. The molecule has 0 aromatic carbocycles. The van der Waals surface area contributed by atoms with Crippen molar-refractivity contribution in [1.29, 1.82) is 0 Å². The van der Waals surface area contributed by atoms with Gasteiger partial charge in [-0.05, 0) is 0 Å². The molecule has 0 fully saturated rings. The summed E-state index contributed by atoms with van der Waals surface area (Å²) in [4.78, 5) is 0. The Hall–Kier alpha value is 0.139. The Morgan fingerprint density at radius 2 is 0.929 bits per heavy atom. The molecule has 93 valence electrons. The molecule has 0 bridgehead atoms. The maximum absolute atomic E-state index is 9.29. The molecular formula is H8CuN4O7S2. The van der Waals surface area contributed by atoms with Crippen molar-refractivity contribution in [2.24, 2.45) is 23.4 Å². The van der Waals surface area contributed by atoms with Crippen molar-refractivity contribution in [2.75, 3.05) is 0 Å². The third kappa shape index (κ3) is 40.0. The van der Waals surface area contributed by atoms with Crippen molar-refractivity contribution in [3.63, 3.8) is 0 Å². The van der Waals surface area contributed by atoms with Crippen molar-refractivity contribution < 1.29 is 46.6 Å². The Bertz CT molecular complexity index is 249. The van der Waals surface area contributed by atoms with Crippen molar-refractivity contribution in [1.82, 2.24) is 0 Å². The average molecular weight is 304 g/mol. The van der Waals surface area contributed by atoms with Gasteiger partial charge >= 0.3 is 17.1 Å². The van der Waals surface area contributed by atoms with Crippen LogP contribution in [0.2, 0.25) is 0 Å². The summed E-state index contributed by atoms with van der Waals surface area (Å²) in [5.74, 6) is 16.0. The molecule has 14 heavy (non-hydrogen) atoms. The summed E-state index contributed by atoms with van der Waals surface area (Å²) in [5, 5.41) is 0. The molecule has 0 atom stereocenters. The van der Waals surface area contributed by atoms with E-state index >= 15 is 0 Å². The molecule has 0 amide bonds. The number of nitrogens with two attached hydrogens (primary N) is 4. The maximum Gasteiger partial charge on any atom is 2.00 e. The van der Waals surface area contributed by atoms with Gasteiger partial charge in [0.2, 0.25) is 20.8 Å². The standard InChI is InChI=1S/Cu.2H4N2.H2O7S2/c;2*1-2;1-8(2,3)7-9(4,5)6/h;2*1-2H2;(H,1,2,3)(H,4,5,6)/q+2;;;/p-2. The fourth-order valence-corrected chi connectivity index (χ4v) is 0.919. The maximum atomic E-state index is 9.29. The van der Waals surface area contributed by atoms with Crippen LogP contribution in [0, 0.1) is 0 Å². The fraction of sp³-hybridized carbons (Fsp3) is 0. The molecule has 8 N–H and O–H groups in total. The molecule has 0 saturated carbocycles. The quantitative estimate of drug-likeness (QED) is 0.125. The van der Waals surface area contributed by atoms with E-state index in [0.29, 0.717) is 0 Å². The minimum absolute atomic E-state index is 0. The molecule has 0 aromatic rings. The smallest absolute Gasteiger partial charge is 0.725 e. The number of hydrogen-bond donors (Lipinski definition) is 4. The molecule has 11 nitrogen and oxygen atoms in total. The van der Waals surface area contributed by atoms with Crippen LogP contribution in [-0.2, 0) is 41.5 Å². The Morgan fingerprint density at radius 3 is 0.929 bits per heavy atom. The number of hydrogen-bond acceptors (Lipinski definition) is 11. The topological polar surface area (TPSA) is 228 Å². The minimum atomic E-state index is -5.43. The molecule has 1 radical (unpaired) electrons. The fourth-order valence-electron chi connectivity index (χ4n) is 0.102. The van der Waals surface area contributed by atoms with E-state index in [1.807, 2.05) is 0 Å². The van der Waals surface area contributed by atoms with Gasteiger partial charge in [-0.1, -0.05) is 0 Å². The molecule has 0 heterocycles. The first kappa shape index (κ1) is 23.7. The average Bonchev–Trinajstić information content (AvgIpc) is 1.88. The Balaban J connectivity index is -0.0000000883. The second kappa shape index (κ2) is 11.2. The van der Waals surface area contributed by atoms with E-state index in [1.54, 1.807) is 0 Å². The predicted octanol–water partition coefficient (Wildman–Crippen LogP) is -4.44. The Labute approximate surface area is 91.1 Å².